The average Bonchev–Trinajstić information content (AvgIpc) is 2.83. The Bertz CT molecular complexity index is 760. The van der Waals surface area contributed by atoms with Gasteiger partial charge in [-0.05, 0) is 6.92 Å². The molecule has 94 valence electrons. The van der Waals surface area contributed by atoms with Crippen molar-refractivity contribution in [3.63, 3.8) is 0 Å². The van der Waals surface area contributed by atoms with Crippen molar-refractivity contribution in [3.05, 3.63) is 47.9 Å². The van der Waals surface area contributed by atoms with E-state index in [9.17, 15) is 9.90 Å². The minimum atomic E-state index is -0.991. The van der Waals surface area contributed by atoms with E-state index in [0.717, 1.165) is 11.1 Å². The average molecular weight is 253 g/mol. The monoisotopic (exact) mass is 253 g/mol. The Kier molecular flexibility index (Phi) is 2.52. The lowest BCUT2D eigenvalue weighted by Gasteiger charge is -2.03. The van der Waals surface area contributed by atoms with Crippen molar-refractivity contribution in [3.8, 4) is 11.3 Å². The number of hydrogen-bond acceptors (Lipinski definition) is 3. The van der Waals surface area contributed by atoms with Crippen molar-refractivity contribution in [2.45, 2.75) is 6.92 Å². The molecule has 0 atom stereocenters. The van der Waals surface area contributed by atoms with Crippen LogP contribution in [0.1, 0.15) is 15.9 Å². The summed E-state index contributed by atoms with van der Waals surface area (Å²) in [6, 6.07) is 7.79. The van der Waals surface area contributed by atoms with Gasteiger partial charge < -0.3 is 10.1 Å². The largest absolute Gasteiger partial charge is 0.478 e. The molecule has 1 aromatic carbocycles. The molecular weight excluding hydrogens is 242 g/mol. The van der Waals surface area contributed by atoms with Gasteiger partial charge in [0, 0.05) is 11.8 Å². The fourth-order valence-electron chi connectivity index (χ4n) is 2.06. The van der Waals surface area contributed by atoms with Crippen molar-refractivity contribution >= 4 is 17.0 Å². The smallest absolute Gasteiger partial charge is 0.338 e. The highest BCUT2D eigenvalue weighted by Crippen LogP contribution is 2.28. The summed E-state index contributed by atoms with van der Waals surface area (Å²) in [5.41, 5.74) is 3.36. The van der Waals surface area contributed by atoms with Crippen molar-refractivity contribution in [1.82, 2.24) is 15.0 Å². The van der Waals surface area contributed by atoms with E-state index in [0.29, 0.717) is 16.7 Å². The molecule has 2 N–H and O–H groups in total. The Labute approximate surface area is 109 Å². The third-order valence-electron chi connectivity index (χ3n) is 3.03. The Morgan fingerprint density at radius 3 is 2.63 bits per heavy atom. The quantitative estimate of drug-likeness (QED) is 0.735. The maximum atomic E-state index is 11.2. The predicted molar refractivity (Wildman–Crippen MR) is 71.0 cm³/mol. The van der Waals surface area contributed by atoms with Gasteiger partial charge in [0.05, 0.1) is 16.6 Å². The second-order valence-electron chi connectivity index (χ2n) is 4.32. The van der Waals surface area contributed by atoms with Crippen LogP contribution in [0.15, 0.2) is 36.8 Å². The van der Waals surface area contributed by atoms with E-state index in [4.69, 9.17) is 0 Å². The molecule has 2 aromatic heterocycles. The Balaban J connectivity index is 2.31. The maximum Gasteiger partial charge on any atom is 0.338 e. The Hall–Kier alpha value is -2.69. The number of rotatable bonds is 2. The SMILES string of the molecule is Cc1ccc(-c2ncnc3[nH]cc(C(=O)O)c23)cc1. The first-order chi connectivity index (χ1) is 9.16. The first-order valence-corrected chi connectivity index (χ1v) is 5.79. The Morgan fingerprint density at radius 1 is 1.21 bits per heavy atom. The number of nitrogens with one attached hydrogen (secondary N) is 1. The summed E-state index contributed by atoms with van der Waals surface area (Å²) in [6.45, 7) is 2.00. The van der Waals surface area contributed by atoms with Crippen LogP contribution in [0.3, 0.4) is 0 Å². The predicted octanol–water partition coefficient (Wildman–Crippen LogP) is 2.63. The zero-order valence-electron chi connectivity index (χ0n) is 10.2. The number of fused-ring (bicyclic) bond motifs is 1. The van der Waals surface area contributed by atoms with E-state index < -0.39 is 5.97 Å². The number of aromatic carboxylic acids is 1. The van der Waals surface area contributed by atoms with Crippen LogP contribution in [0.25, 0.3) is 22.3 Å². The van der Waals surface area contributed by atoms with E-state index in [2.05, 4.69) is 15.0 Å². The van der Waals surface area contributed by atoms with E-state index in [1.807, 2.05) is 31.2 Å². The van der Waals surface area contributed by atoms with Gasteiger partial charge in [0.25, 0.3) is 0 Å². The van der Waals surface area contributed by atoms with Crippen LogP contribution < -0.4 is 0 Å². The molecule has 3 rings (SSSR count). The molecule has 0 bridgehead atoms. The molecule has 0 amide bonds. The summed E-state index contributed by atoms with van der Waals surface area (Å²) in [7, 11) is 0. The zero-order chi connectivity index (χ0) is 13.4. The number of H-pyrrole nitrogens is 1. The summed E-state index contributed by atoms with van der Waals surface area (Å²) in [6.07, 6.45) is 2.87. The van der Waals surface area contributed by atoms with E-state index in [-0.39, 0.29) is 5.56 Å². The third-order valence-corrected chi connectivity index (χ3v) is 3.03. The third kappa shape index (κ3) is 1.85. The van der Waals surface area contributed by atoms with Crippen LogP contribution in [-0.4, -0.2) is 26.0 Å². The fourth-order valence-corrected chi connectivity index (χ4v) is 2.06. The standard InChI is InChI=1S/C14H11N3O2/c1-8-2-4-9(5-3-8)12-11-10(14(18)19)6-15-13(11)17-7-16-12/h2-7H,1H3,(H,18,19)(H,15,16,17). The second-order valence-corrected chi connectivity index (χ2v) is 4.32. The second kappa shape index (κ2) is 4.20. The summed E-state index contributed by atoms with van der Waals surface area (Å²) in [4.78, 5) is 22.4. The highest BCUT2D eigenvalue weighted by molar-refractivity contribution is 6.07. The van der Waals surface area contributed by atoms with Gasteiger partial charge in [0.15, 0.2) is 0 Å². The van der Waals surface area contributed by atoms with Gasteiger partial charge in [0.2, 0.25) is 0 Å². The van der Waals surface area contributed by atoms with Crippen LogP contribution in [0.2, 0.25) is 0 Å². The summed E-state index contributed by atoms with van der Waals surface area (Å²) in [5, 5.41) is 9.75. The summed E-state index contributed by atoms with van der Waals surface area (Å²) >= 11 is 0. The van der Waals surface area contributed by atoms with E-state index in [1.165, 1.54) is 12.5 Å². The first-order valence-electron chi connectivity index (χ1n) is 5.79. The van der Waals surface area contributed by atoms with Crippen molar-refractivity contribution in [1.29, 1.82) is 0 Å². The molecule has 3 aromatic rings. The van der Waals surface area contributed by atoms with E-state index in [1.54, 1.807) is 0 Å². The van der Waals surface area contributed by atoms with Crippen molar-refractivity contribution in [2.24, 2.45) is 0 Å². The number of hydrogen-bond donors (Lipinski definition) is 2. The molecule has 19 heavy (non-hydrogen) atoms. The molecule has 2 heterocycles. The van der Waals surface area contributed by atoms with Gasteiger partial charge in [-0.1, -0.05) is 29.8 Å². The minimum Gasteiger partial charge on any atom is -0.478 e. The fraction of sp³-hybridized carbons (Fsp3) is 0.0714. The molecule has 0 aliphatic carbocycles. The molecule has 0 aliphatic rings. The Morgan fingerprint density at radius 2 is 1.95 bits per heavy atom. The van der Waals surface area contributed by atoms with Crippen LogP contribution >= 0.6 is 0 Å². The molecule has 0 saturated heterocycles. The number of aromatic amines is 1. The molecule has 0 saturated carbocycles. The van der Waals surface area contributed by atoms with Crippen LogP contribution in [0, 0.1) is 6.92 Å². The van der Waals surface area contributed by atoms with Gasteiger partial charge >= 0.3 is 5.97 Å². The van der Waals surface area contributed by atoms with Gasteiger partial charge in [-0.15, -0.1) is 0 Å². The topological polar surface area (TPSA) is 78.9 Å². The van der Waals surface area contributed by atoms with Crippen molar-refractivity contribution < 1.29 is 9.90 Å². The maximum absolute atomic E-state index is 11.2. The normalized spacial score (nSPS) is 10.8. The zero-order valence-corrected chi connectivity index (χ0v) is 10.2. The number of carboxylic acids is 1. The lowest BCUT2D eigenvalue weighted by Crippen LogP contribution is -1.96. The molecule has 5 heteroatoms. The van der Waals surface area contributed by atoms with Gasteiger partial charge in [-0.3, -0.25) is 0 Å². The number of aryl methyl sites for hydroxylation is 1. The molecular formula is C14H11N3O2. The highest BCUT2D eigenvalue weighted by Gasteiger charge is 2.16. The molecule has 0 aliphatic heterocycles. The first kappa shape index (κ1) is 11.4. The van der Waals surface area contributed by atoms with Gasteiger partial charge in [0.1, 0.15) is 12.0 Å². The number of carbonyl (C=O) groups is 1. The molecule has 0 radical (unpaired) electrons. The number of carboxylic acid groups (broad SMARTS) is 1. The van der Waals surface area contributed by atoms with Gasteiger partial charge in [-0.25, -0.2) is 14.8 Å². The lowest BCUT2D eigenvalue weighted by atomic mass is 10.1. The highest BCUT2D eigenvalue weighted by atomic mass is 16.4. The number of nitrogens with zero attached hydrogens (tertiary/aromatic N) is 2. The van der Waals surface area contributed by atoms with E-state index >= 15 is 0 Å². The van der Waals surface area contributed by atoms with Crippen LogP contribution in [0.4, 0.5) is 0 Å². The van der Waals surface area contributed by atoms with Crippen LogP contribution in [-0.2, 0) is 0 Å². The molecule has 0 spiro atoms. The van der Waals surface area contributed by atoms with Crippen LogP contribution in [0.5, 0.6) is 0 Å². The summed E-state index contributed by atoms with van der Waals surface area (Å²) in [5.74, 6) is -0.991. The minimum absolute atomic E-state index is 0.186. The van der Waals surface area contributed by atoms with Crippen molar-refractivity contribution in [2.75, 3.05) is 0 Å². The molecule has 5 nitrogen and oxygen atoms in total. The number of aromatic nitrogens is 3. The molecule has 0 fully saturated rings. The number of benzene rings is 1. The lowest BCUT2D eigenvalue weighted by molar-refractivity contribution is 0.0699. The summed E-state index contributed by atoms with van der Waals surface area (Å²) < 4.78 is 0. The van der Waals surface area contributed by atoms with Gasteiger partial charge in [-0.2, -0.15) is 0 Å². The molecule has 0 unspecified atom stereocenters.